The molecule has 8 heteroatoms. The number of rotatable bonds is 2. The van der Waals surface area contributed by atoms with Crippen molar-refractivity contribution in [3.63, 3.8) is 0 Å². The van der Waals surface area contributed by atoms with Gasteiger partial charge in [0.1, 0.15) is 11.4 Å². The summed E-state index contributed by atoms with van der Waals surface area (Å²) in [5, 5.41) is 0.569. The Balaban J connectivity index is 1.83. The van der Waals surface area contributed by atoms with Crippen LogP contribution in [0, 0.1) is 5.82 Å². The highest BCUT2D eigenvalue weighted by Crippen LogP contribution is 2.40. The molecule has 1 atom stereocenters. The SMILES string of the molecule is O=C1c2oc3ccc(F)cc3c(=O)c2[C@@H](c2ccc(Cl)cc2)N1c1ncccn1. The first-order valence-electron chi connectivity index (χ1n) is 8.67. The van der Waals surface area contributed by atoms with Crippen LogP contribution in [0.4, 0.5) is 10.3 Å². The first kappa shape index (κ1) is 17.5. The van der Waals surface area contributed by atoms with Gasteiger partial charge in [-0.05, 0) is 42.0 Å². The summed E-state index contributed by atoms with van der Waals surface area (Å²) in [6.07, 6.45) is 3.00. The van der Waals surface area contributed by atoms with Gasteiger partial charge in [0.2, 0.25) is 11.7 Å². The molecule has 1 amide bonds. The van der Waals surface area contributed by atoms with E-state index in [0.717, 1.165) is 6.07 Å². The lowest BCUT2D eigenvalue weighted by molar-refractivity contribution is 0.0969. The molecule has 29 heavy (non-hydrogen) atoms. The molecule has 2 aromatic heterocycles. The number of benzene rings is 2. The van der Waals surface area contributed by atoms with Gasteiger partial charge in [0.05, 0.1) is 17.0 Å². The van der Waals surface area contributed by atoms with Crippen LogP contribution in [-0.2, 0) is 0 Å². The van der Waals surface area contributed by atoms with E-state index in [4.69, 9.17) is 16.0 Å². The number of aromatic nitrogens is 2. The lowest BCUT2D eigenvalue weighted by Gasteiger charge is -2.22. The number of hydrogen-bond donors (Lipinski definition) is 0. The molecule has 0 saturated carbocycles. The zero-order valence-corrected chi connectivity index (χ0v) is 15.4. The van der Waals surface area contributed by atoms with Gasteiger partial charge in [-0.2, -0.15) is 0 Å². The van der Waals surface area contributed by atoms with E-state index in [-0.39, 0.29) is 28.2 Å². The molecule has 2 aromatic carbocycles. The minimum Gasteiger partial charge on any atom is -0.450 e. The molecule has 0 spiro atoms. The predicted octanol–water partition coefficient (Wildman–Crippen LogP) is 4.13. The van der Waals surface area contributed by atoms with E-state index in [1.165, 1.54) is 29.4 Å². The normalized spacial score (nSPS) is 15.7. The molecule has 0 N–H and O–H groups in total. The molecule has 6 nitrogen and oxygen atoms in total. The third kappa shape index (κ3) is 2.70. The summed E-state index contributed by atoms with van der Waals surface area (Å²) >= 11 is 6.00. The third-order valence-corrected chi connectivity index (χ3v) is 5.04. The fourth-order valence-corrected chi connectivity index (χ4v) is 3.65. The van der Waals surface area contributed by atoms with Crippen molar-refractivity contribution in [3.05, 3.63) is 98.9 Å². The summed E-state index contributed by atoms with van der Waals surface area (Å²) in [6, 6.07) is 11.1. The van der Waals surface area contributed by atoms with Crippen molar-refractivity contribution in [1.82, 2.24) is 9.97 Å². The maximum absolute atomic E-state index is 13.8. The maximum Gasteiger partial charge on any atom is 0.297 e. The Labute approximate surface area is 168 Å². The Kier molecular flexibility index (Phi) is 3.92. The van der Waals surface area contributed by atoms with Crippen molar-refractivity contribution in [2.75, 3.05) is 4.90 Å². The van der Waals surface area contributed by atoms with Crippen LogP contribution in [0.3, 0.4) is 0 Å². The highest BCUT2D eigenvalue weighted by Gasteiger charge is 2.44. The topological polar surface area (TPSA) is 76.3 Å². The Morgan fingerprint density at radius 3 is 2.48 bits per heavy atom. The standard InChI is InChI=1S/C21H11ClFN3O3/c22-12-4-2-11(3-5-12)17-16-18(27)14-10-13(23)6-7-15(14)29-19(16)20(28)26(17)21-24-8-1-9-25-21/h1-10,17H/t17-/m1/s1. The summed E-state index contributed by atoms with van der Waals surface area (Å²) < 4.78 is 19.5. The Hall–Kier alpha value is -3.58. The van der Waals surface area contributed by atoms with Crippen LogP contribution in [0.1, 0.15) is 27.7 Å². The van der Waals surface area contributed by atoms with Gasteiger partial charge < -0.3 is 4.42 Å². The predicted molar refractivity (Wildman–Crippen MR) is 105 cm³/mol. The number of nitrogens with zero attached hydrogens (tertiary/aromatic N) is 3. The zero-order chi connectivity index (χ0) is 20.1. The van der Waals surface area contributed by atoms with Crippen LogP contribution in [0.5, 0.6) is 0 Å². The van der Waals surface area contributed by atoms with E-state index in [9.17, 15) is 14.0 Å². The highest BCUT2D eigenvalue weighted by molar-refractivity contribution is 6.30. The highest BCUT2D eigenvalue weighted by atomic mass is 35.5. The minimum absolute atomic E-state index is 0.0614. The zero-order valence-electron chi connectivity index (χ0n) is 14.7. The largest absolute Gasteiger partial charge is 0.450 e. The molecule has 0 saturated heterocycles. The van der Waals surface area contributed by atoms with Gasteiger partial charge in [0.25, 0.3) is 5.91 Å². The summed E-state index contributed by atoms with van der Waals surface area (Å²) in [5.41, 5.74) is 0.390. The first-order chi connectivity index (χ1) is 14.0. The monoisotopic (exact) mass is 407 g/mol. The quantitative estimate of drug-likeness (QED) is 0.499. The van der Waals surface area contributed by atoms with Crippen LogP contribution < -0.4 is 10.3 Å². The number of carbonyl (C=O) groups is 1. The van der Waals surface area contributed by atoms with E-state index >= 15 is 0 Å². The van der Waals surface area contributed by atoms with Crippen molar-refractivity contribution in [3.8, 4) is 0 Å². The van der Waals surface area contributed by atoms with Crippen molar-refractivity contribution in [2.24, 2.45) is 0 Å². The van der Waals surface area contributed by atoms with E-state index in [1.54, 1.807) is 30.3 Å². The van der Waals surface area contributed by atoms with Crippen molar-refractivity contribution in [2.45, 2.75) is 6.04 Å². The molecule has 0 unspecified atom stereocenters. The molecule has 0 bridgehead atoms. The number of hydrogen-bond acceptors (Lipinski definition) is 5. The van der Waals surface area contributed by atoms with Crippen molar-refractivity contribution >= 4 is 34.4 Å². The Morgan fingerprint density at radius 2 is 1.76 bits per heavy atom. The number of amides is 1. The molecule has 0 fully saturated rings. The average Bonchev–Trinajstić information content (AvgIpc) is 3.03. The van der Waals surface area contributed by atoms with Crippen LogP contribution in [-0.4, -0.2) is 15.9 Å². The third-order valence-electron chi connectivity index (χ3n) is 4.79. The maximum atomic E-state index is 13.8. The molecular weight excluding hydrogens is 397 g/mol. The fourth-order valence-electron chi connectivity index (χ4n) is 3.53. The molecule has 142 valence electrons. The smallest absolute Gasteiger partial charge is 0.297 e. The van der Waals surface area contributed by atoms with Gasteiger partial charge in [-0.15, -0.1) is 0 Å². The van der Waals surface area contributed by atoms with E-state index in [1.807, 2.05) is 0 Å². The van der Waals surface area contributed by atoms with Gasteiger partial charge in [0, 0.05) is 17.4 Å². The second-order valence-electron chi connectivity index (χ2n) is 6.49. The molecular formula is C21H11ClFN3O3. The molecule has 1 aliphatic rings. The number of anilines is 1. The summed E-state index contributed by atoms with van der Waals surface area (Å²) in [7, 11) is 0. The van der Waals surface area contributed by atoms with Crippen LogP contribution in [0.25, 0.3) is 11.0 Å². The molecule has 0 aliphatic carbocycles. The lowest BCUT2D eigenvalue weighted by Crippen LogP contribution is -2.31. The van der Waals surface area contributed by atoms with Crippen molar-refractivity contribution < 1.29 is 13.6 Å². The van der Waals surface area contributed by atoms with Crippen LogP contribution in [0.2, 0.25) is 5.02 Å². The molecule has 4 aromatic rings. The van der Waals surface area contributed by atoms with Crippen LogP contribution in [0.15, 0.2) is 70.1 Å². The van der Waals surface area contributed by atoms with Gasteiger partial charge in [-0.25, -0.2) is 14.4 Å². The van der Waals surface area contributed by atoms with E-state index < -0.39 is 23.2 Å². The second kappa shape index (κ2) is 6.49. The van der Waals surface area contributed by atoms with Gasteiger partial charge in [0.15, 0.2) is 5.43 Å². The minimum atomic E-state index is -0.832. The van der Waals surface area contributed by atoms with E-state index in [2.05, 4.69) is 9.97 Å². The average molecular weight is 408 g/mol. The summed E-state index contributed by atoms with van der Waals surface area (Å²) in [4.78, 5) is 36.1. The van der Waals surface area contributed by atoms with Gasteiger partial charge in [-0.3, -0.25) is 14.5 Å². The second-order valence-corrected chi connectivity index (χ2v) is 6.93. The van der Waals surface area contributed by atoms with Crippen molar-refractivity contribution in [1.29, 1.82) is 0 Å². The molecule has 1 aliphatic heterocycles. The van der Waals surface area contributed by atoms with E-state index in [0.29, 0.717) is 10.6 Å². The lowest BCUT2D eigenvalue weighted by atomic mass is 9.98. The summed E-state index contributed by atoms with van der Waals surface area (Å²) in [6.45, 7) is 0. The molecule has 5 rings (SSSR count). The Morgan fingerprint density at radius 1 is 1.03 bits per heavy atom. The summed E-state index contributed by atoms with van der Waals surface area (Å²) in [5.74, 6) is -1.10. The van der Waals surface area contributed by atoms with Gasteiger partial charge in [-0.1, -0.05) is 23.7 Å². The Bertz CT molecular complexity index is 1320. The number of halogens is 2. The van der Waals surface area contributed by atoms with Crippen LogP contribution >= 0.6 is 11.6 Å². The number of carbonyl (C=O) groups excluding carboxylic acids is 1. The fraction of sp³-hybridized carbons (Fsp3) is 0.0476. The number of fused-ring (bicyclic) bond motifs is 2. The molecule has 0 radical (unpaired) electrons. The van der Waals surface area contributed by atoms with Gasteiger partial charge >= 0.3 is 0 Å². The molecule has 3 heterocycles. The first-order valence-corrected chi connectivity index (χ1v) is 9.04.